The number of carboxylic acid groups (broad SMARTS) is 2. The van der Waals surface area contributed by atoms with Crippen molar-refractivity contribution in [2.75, 3.05) is 10.6 Å². The maximum atomic E-state index is 10.6. The third-order valence-electron chi connectivity index (χ3n) is 2.66. The summed E-state index contributed by atoms with van der Waals surface area (Å²) in [5, 5.41) is 26.5. The predicted octanol–water partition coefficient (Wildman–Crippen LogP) is 2.23. The highest BCUT2D eigenvalue weighted by molar-refractivity contribution is 7.80. The van der Waals surface area contributed by atoms with Gasteiger partial charge in [0.25, 0.3) is 0 Å². The van der Waals surface area contributed by atoms with Gasteiger partial charge in [0.05, 0.1) is 11.4 Å². The van der Waals surface area contributed by atoms with Crippen molar-refractivity contribution in [1.29, 1.82) is 0 Å². The van der Waals surface area contributed by atoms with Crippen LogP contribution in [0, 0.1) is 13.8 Å². The van der Waals surface area contributed by atoms with Crippen LogP contribution in [0.2, 0.25) is 0 Å². The summed E-state index contributed by atoms with van der Waals surface area (Å²) in [6, 6.07) is 3.48. The second-order valence-electron chi connectivity index (χ2n) is 4.20. The summed E-state index contributed by atoms with van der Waals surface area (Å²) in [7, 11) is 0. The first-order valence-electron chi connectivity index (χ1n) is 5.92. The van der Waals surface area contributed by atoms with Gasteiger partial charge in [0.1, 0.15) is 0 Å². The number of rotatable bonds is 2. The van der Waals surface area contributed by atoms with Crippen molar-refractivity contribution < 1.29 is 19.8 Å². The predicted molar refractivity (Wildman–Crippen MR) is 90.7 cm³/mol. The van der Waals surface area contributed by atoms with Gasteiger partial charge in [-0.3, -0.25) is 10.6 Å². The molecule has 0 radical (unpaired) electrons. The molecule has 0 heterocycles. The Hall–Kier alpha value is -2.46. The molecule has 0 aromatic heterocycles. The fraction of sp³-hybridized carbons (Fsp3) is 0.167. The number of benzene rings is 1. The molecule has 0 bridgehead atoms. The van der Waals surface area contributed by atoms with Crippen LogP contribution in [0.1, 0.15) is 11.1 Å². The topological polar surface area (TPSA) is 123 Å². The van der Waals surface area contributed by atoms with Crippen LogP contribution >= 0.6 is 24.4 Å². The van der Waals surface area contributed by atoms with E-state index in [0.29, 0.717) is 11.4 Å². The molecule has 0 atom stereocenters. The van der Waals surface area contributed by atoms with E-state index in [0.717, 1.165) is 11.1 Å². The lowest BCUT2D eigenvalue weighted by molar-refractivity contribution is 0.199. The van der Waals surface area contributed by atoms with Gasteiger partial charge in [0.15, 0.2) is 10.2 Å². The fourth-order valence-corrected chi connectivity index (χ4v) is 1.96. The minimum Gasteiger partial charge on any atom is -0.465 e. The Morgan fingerprint density at radius 3 is 1.95 bits per heavy atom. The number of amides is 2. The molecule has 8 nitrogen and oxygen atoms in total. The molecule has 1 rings (SSSR count). The second-order valence-corrected chi connectivity index (χ2v) is 5.02. The Morgan fingerprint density at radius 2 is 1.45 bits per heavy atom. The summed E-state index contributed by atoms with van der Waals surface area (Å²) in [6.45, 7) is 3.67. The zero-order valence-electron chi connectivity index (χ0n) is 11.7. The molecule has 1 aromatic carbocycles. The molecule has 0 aliphatic heterocycles. The molecule has 0 unspecified atom stereocenters. The molecule has 0 spiro atoms. The van der Waals surface area contributed by atoms with Crippen molar-refractivity contribution in [3.8, 4) is 0 Å². The van der Waals surface area contributed by atoms with Crippen molar-refractivity contribution in [2.45, 2.75) is 13.8 Å². The molecule has 1 aromatic rings. The molecular formula is C12H14N4O4S2. The van der Waals surface area contributed by atoms with Gasteiger partial charge in [-0.05, 0) is 55.5 Å². The average molecular weight is 342 g/mol. The monoisotopic (exact) mass is 342 g/mol. The molecule has 22 heavy (non-hydrogen) atoms. The Balaban J connectivity index is 3.04. The number of anilines is 2. The van der Waals surface area contributed by atoms with Crippen molar-refractivity contribution in [1.82, 2.24) is 10.6 Å². The van der Waals surface area contributed by atoms with Crippen molar-refractivity contribution in [3.05, 3.63) is 23.3 Å². The molecule has 0 saturated heterocycles. The standard InChI is InChI=1S/C12H14N4O4S2/c1-5-3-4-7(13-9(21)15-11(17)18)8(6(5)2)14-10(22)16-12(19)20/h3-4H,1-2H3,(H,17,18)(H,19,20)(H2,13,15,21)(H2,14,16,22). The quantitative estimate of drug-likeness (QED) is 0.452. The highest BCUT2D eigenvalue weighted by atomic mass is 32.1. The Kier molecular flexibility index (Phi) is 6.01. The second kappa shape index (κ2) is 7.52. The van der Waals surface area contributed by atoms with E-state index >= 15 is 0 Å². The maximum absolute atomic E-state index is 10.6. The summed E-state index contributed by atoms with van der Waals surface area (Å²) in [5.41, 5.74) is 2.69. The van der Waals surface area contributed by atoms with Crippen LogP contribution in [0.5, 0.6) is 0 Å². The van der Waals surface area contributed by atoms with Crippen molar-refractivity contribution >= 4 is 58.2 Å². The molecule has 10 heteroatoms. The van der Waals surface area contributed by atoms with Gasteiger partial charge in [0.2, 0.25) is 0 Å². The van der Waals surface area contributed by atoms with Gasteiger partial charge in [-0.25, -0.2) is 9.59 Å². The summed E-state index contributed by atoms with van der Waals surface area (Å²) in [4.78, 5) is 21.1. The number of carbonyl (C=O) groups is 2. The number of hydrogen-bond donors (Lipinski definition) is 6. The number of hydrogen-bond acceptors (Lipinski definition) is 4. The minimum absolute atomic E-state index is 0.110. The number of thiocarbonyl (C=S) groups is 2. The lowest BCUT2D eigenvalue weighted by Gasteiger charge is -2.18. The van der Waals surface area contributed by atoms with Crippen molar-refractivity contribution in [2.24, 2.45) is 0 Å². The van der Waals surface area contributed by atoms with Crippen LogP contribution in [-0.2, 0) is 0 Å². The van der Waals surface area contributed by atoms with E-state index in [4.69, 9.17) is 34.6 Å². The number of nitrogens with one attached hydrogen (secondary N) is 4. The summed E-state index contributed by atoms with van der Waals surface area (Å²) >= 11 is 9.74. The molecule has 2 amide bonds. The summed E-state index contributed by atoms with van der Waals surface area (Å²) < 4.78 is 0. The normalized spacial score (nSPS) is 9.55. The zero-order valence-corrected chi connectivity index (χ0v) is 13.3. The van der Waals surface area contributed by atoms with Gasteiger partial charge in [0, 0.05) is 0 Å². The van der Waals surface area contributed by atoms with Crippen molar-refractivity contribution in [3.63, 3.8) is 0 Å². The van der Waals surface area contributed by atoms with Crippen LogP contribution in [0.4, 0.5) is 21.0 Å². The lowest BCUT2D eigenvalue weighted by Crippen LogP contribution is -2.35. The largest absolute Gasteiger partial charge is 0.465 e. The lowest BCUT2D eigenvalue weighted by atomic mass is 10.1. The van der Waals surface area contributed by atoms with Gasteiger partial charge in [-0.2, -0.15) is 0 Å². The molecule has 6 N–H and O–H groups in total. The minimum atomic E-state index is -1.29. The summed E-state index contributed by atoms with van der Waals surface area (Å²) in [6.07, 6.45) is -2.58. The fourth-order valence-electron chi connectivity index (χ4n) is 1.57. The van der Waals surface area contributed by atoms with Crippen LogP contribution in [0.3, 0.4) is 0 Å². The van der Waals surface area contributed by atoms with E-state index in [9.17, 15) is 9.59 Å². The van der Waals surface area contributed by atoms with E-state index in [-0.39, 0.29) is 10.2 Å². The van der Waals surface area contributed by atoms with E-state index in [1.807, 2.05) is 17.6 Å². The first-order chi connectivity index (χ1) is 10.2. The van der Waals surface area contributed by atoms with Crippen LogP contribution in [0.15, 0.2) is 12.1 Å². The van der Waals surface area contributed by atoms with Gasteiger partial charge in [-0.1, -0.05) is 6.07 Å². The highest BCUT2D eigenvalue weighted by Gasteiger charge is 2.12. The zero-order chi connectivity index (χ0) is 16.9. The first kappa shape index (κ1) is 17.6. The molecule has 0 aliphatic rings. The van der Waals surface area contributed by atoms with Crippen LogP contribution in [-0.4, -0.2) is 32.6 Å². The SMILES string of the molecule is Cc1ccc(NC(=S)NC(=O)O)c(NC(=S)NC(=O)O)c1C. The summed E-state index contributed by atoms with van der Waals surface area (Å²) in [5.74, 6) is 0. The molecule has 0 fully saturated rings. The molecule has 0 aliphatic carbocycles. The molecule has 0 saturated carbocycles. The maximum Gasteiger partial charge on any atom is 0.410 e. The van der Waals surface area contributed by atoms with Crippen LogP contribution < -0.4 is 21.3 Å². The third kappa shape index (κ3) is 5.14. The first-order valence-corrected chi connectivity index (χ1v) is 6.74. The third-order valence-corrected chi connectivity index (χ3v) is 3.07. The molecular weight excluding hydrogens is 328 g/mol. The average Bonchev–Trinajstić information content (AvgIpc) is 2.36. The van der Waals surface area contributed by atoms with Crippen LogP contribution in [0.25, 0.3) is 0 Å². The van der Waals surface area contributed by atoms with Gasteiger partial charge >= 0.3 is 12.2 Å². The number of aryl methyl sites for hydroxylation is 1. The van der Waals surface area contributed by atoms with Gasteiger partial charge < -0.3 is 20.8 Å². The van der Waals surface area contributed by atoms with E-state index in [1.54, 1.807) is 19.1 Å². The van der Waals surface area contributed by atoms with E-state index in [1.165, 1.54) is 0 Å². The van der Waals surface area contributed by atoms with E-state index < -0.39 is 12.2 Å². The smallest absolute Gasteiger partial charge is 0.410 e. The van der Waals surface area contributed by atoms with Gasteiger partial charge in [-0.15, -0.1) is 0 Å². The highest BCUT2D eigenvalue weighted by Crippen LogP contribution is 2.28. The Bertz CT molecular complexity index is 648. The van der Waals surface area contributed by atoms with E-state index in [2.05, 4.69) is 10.6 Å². The molecule has 118 valence electrons. The Morgan fingerprint density at radius 1 is 0.955 bits per heavy atom. The Labute approximate surface area is 136 Å².